The quantitative estimate of drug-likeness (QED) is 0.741. The highest BCUT2D eigenvalue weighted by Crippen LogP contribution is 2.13. The Kier molecular flexibility index (Phi) is 7.38. The van der Waals surface area contributed by atoms with Crippen molar-refractivity contribution < 1.29 is 9.59 Å². The SMILES string of the molecule is CN1CCN(CC(=O)c2ccc(NC(=O)CCN3CCCCC3)cc2)CC1. The van der Waals surface area contributed by atoms with Crippen molar-refractivity contribution in [3.8, 4) is 0 Å². The smallest absolute Gasteiger partial charge is 0.225 e. The number of Topliss-reactive ketones (excluding diaryl/α,β-unsaturated/α-hetero) is 1. The Morgan fingerprint density at radius 3 is 2.22 bits per heavy atom. The third-order valence-electron chi connectivity index (χ3n) is 5.56. The van der Waals surface area contributed by atoms with Crippen LogP contribution in [0.2, 0.25) is 0 Å². The molecule has 1 amide bonds. The largest absolute Gasteiger partial charge is 0.326 e. The predicted molar refractivity (Wildman–Crippen MR) is 108 cm³/mol. The van der Waals surface area contributed by atoms with Gasteiger partial charge in [0.1, 0.15) is 0 Å². The van der Waals surface area contributed by atoms with Gasteiger partial charge in [-0.2, -0.15) is 0 Å². The molecule has 0 bridgehead atoms. The first-order valence-electron chi connectivity index (χ1n) is 10.2. The molecule has 27 heavy (non-hydrogen) atoms. The van der Waals surface area contributed by atoms with E-state index < -0.39 is 0 Å². The Morgan fingerprint density at radius 2 is 1.56 bits per heavy atom. The second-order valence-electron chi connectivity index (χ2n) is 7.78. The van der Waals surface area contributed by atoms with E-state index in [1.54, 1.807) is 0 Å². The number of piperazine rings is 1. The molecule has 0 unspecified atom stereocenters. The topological polar surface area (TPSA) is 55.9 Å². The molecule has 0 saturated carbocycles. The molecule has 2 heterocycles. The Balaban J connectivity index is 1.42. The molecule has 2 saturated heterocycles. The molecule has 2 aliphatic rings. The lowest BCUT2D eigenvalue weighted by molar-refractivity contribution is -0.116. The van der Waals surface area contributed by atoms with Gasteiger partial charge in [0.25, 0.3) is 0 Å². The average Bonchev–Trinajstić information content (AvgIpc) is 2.69. The van der Waals surface area contributed by atoms with E-state index in [9.17, 15) is 9.59 Å². The van der Waals surface area contributed by atoms with E-state index in [4.69, 9.17) is 0 Å². The zero-order valence-electron chi connectivity index (χ0n) is 16.5. The fraction of sp³-hybridized carbons (Fsp3) is 0.619. The second-order valence-corrected chi connectivity index (χ2v) is 7.78. The average molecular weight is 373 g/mol. The van der Waals surface area contributed by atoms with Crippen LogP contribution in [-0.4, -0.2) is 85.8 Å². The number of nitrogens with one attached hydrogen (secondary N) is 1. The second kappa shape index (κ2) is 9.97. The van der Waals surface area contributed by atoms with Crippen molar-refractivity contribution in [2.24, 2.45) is 0 Å². The van der Waals surface area contributed by atoms with E-state index in [-0.39, 0.29) is 11.7 Å². The maximum absolute atomic E-state index is 12.5. The molecule has 3 rings (SSSR count). The molecule has 0 aromatic heterocycles. The minimum Gasteiger partial charge on any atom is -0.326 e. The van der Waals surface area contributed by atoms with Crippen molar-refractivity contribution in [2.45, 2.75) is 25.7 Å². The van der Waals surface area contributed by atoms with Gasteiger partial charge in [-0.25, -0.2) is 0 Å². The molecule has 2 aliphatic heterocycles. The van der Waals surface area contributed by atoms with E-state index in [0.717, 1.165) is 51.5 Å². The minimum atomic E-state index is 0.0390. The maximum atomic E-state index is 12.5. The van der Waals surface area contributed by atoms with Gasteiger partial charge in [-0.15, -0.1) is 0 Å². The van der Waals surface area contributed by atoms with Crippen molar-refractivity contribution in [2.75, 3.05) is 64.7 Å². The van der Waals surface area contributed by atoms with Crippen LogP contribution in [-0.2, 0) is 4.79 Å². The summed E-state index contributed by atoms with van der Waals surface area (Å²) in [4.78, 5) is 31.5. The van der Waals surface area contributed by atoms with Crippen molar-refractivity contribution in [1.82, 2.24) is 14.7 Å². The highest BCUT2D eigenvalue weighted by molar-refractivity contribution is 5.98. The summed E-state index contributed by atoms with van der Waals surface area (Å²) in [5, 5.41) is 2.94. The fourth-order valence-electron chi connectivity index (χ4n) is 3.71. The molecule has 0 radical (unpaired) electrons. The van der Waals surface area contributed by atoms with Crippen LogP contribution in [0.3, 0.4) is 0 Å². The van der Waals surface area contributed by atoms with Gasteiger partial charge < -0.3 is 15.1 Å². The third kappa shape index (κ3) is 6.41. The molecule has 0 spiro atoms. The van der Waals surface area contributed by atoms with Crippen LogP contribution in [0, 0.1) is 0 Å². The van der Waals surface area contributed by atoms with Crippen molar-refractivity contribution in [1.29, 1.82) is 0 Å². The number of ketones is 1. The first-order valence-corrected chi connectivity index (χ1v) is 10.2. The van der Waals surface area contributed by atoms with Gasteiger partial charge in [0, 0.05) is 50.4 Å². The molecule has 1 aromatic carbocycles. The summed E-state index contributed by atoms with van der Waals surface area (Å²) in [6.45, 7) is 7.41. The van der Waals surface area contributed by atoms with E-state index in [0.29, 0.717) is 18.5 Å². The standard InChI is InChI=1S/C21H32N4O2/c1-23-13-15-25(16-14-23)17-20(26)18-5-7-19(8-6-18)22-21(27)9-12-24-10-3-2-4-11-24/h5-8H,2-4,9-17H2,1H3,(H,22,27). The molecular formula is C21H32N4O2. The molecule has 148 valence electrons. The van der Waals surface area contributed by atoms with Crippen LogP contribution in [0.5, 0.6) is 0 Å². The lowest BCUT2D eigenvalue weighted by atomic mass is 10.1. The lowest BCUT2D eigenvalue weighted by Crippen LogP contribution is -2.46. The van der Waals surface area contributed by atoms with Crippen molar-refractivity contribution >= 4 is 17.4 Å². The number of amides is 1. The van der Waals surface area contributed by atoms with Gasteiger partial charge >= 0.3 is 0 Å². The Bertz CT molecular complexity index is 618. The van der Waals surface area contributed by atoms with Crippen LogP contribution in [0.15, 0.2) is 24.3 Å². The molecule has 0 atom stereocenters. The number of hydrogen-bond donors (Lipinski definition) is 1. The minimum absolute atomic E-state index is 0.0390. The number of anilines is 1. The number of rotatable bonds is 7. The van der Waals surface area contributed by atoms with E-state index in [1.807, 2.05) is 24.3 Å². The van der Waals surface area contributed by atoms with Crippen LogP contribution < -0.4 is 5.32 Å². The van der Waals surface area contributed by atoms with Crippen molar-refractivity contribution in [3.63, 3.8) is 0 Å². The van der Waals surface area contributed by atoms with Crippen LogP contribution >= 0.6 is 0 Å². The van der Waals surface area contributed by atoms with Gasteiger partial charge in [-0.05, 0) is 57.2 Å². The number of carbonyl (C=O) groups is 2. The normalized spacial score (nSPS) is 19.7. The summed E-state index contributed by atoms with van der Waals surface area (Å²) in [6.07, 6.45) is 4.31. The van der Waals surface area contributed by atoms with E-state index >= 15 is 0 Å². The summed E-state index contributed by atoms with van der Waals surface area (Å²) < 4.78 is 0. The fourth-order valence-corrected chi connectivity index (χ4v) is 3.71. The summed E-state index contributed by atoms with van der Waals surface area (Å²) in [6, 6.07) is 7.29. The number of benzene rings is 1. The first-order chi connectivity index (χ1) is 13.1. The summed E-state index contributed by atoms with van der Waals surface area (Å²) in [5.41, 5.74) is 1.47. The van der Waals surface area contributed by atoms with Gasteiger partial charge in [-0.1, -0.05) is 6.42 Å². The maximum Gasteiger partial charge on any atom is 0.225 e. The number of carbonyl (C=O) groups excluding carboxylic acids is 2. The molecular weight excluding hydrogens is 340 g/mol. The highest BCUT2D eigenvalue weighted by Gasteiger charge is 2.17. The predicted octanol–water partition coefficient (Wildman–Crippen LogP) is 1.93. The van der Waals surface area contributed by atoms with Gasteiger partial charge in [0.2, 0.25) is 5.91 Å². The first kappa shape index (κ1) is 20.0. The van der Waals surface area contributed by atoms with Crippen LogP contribution in [0.4, 0.5) is 5.69 Å². The van der Waals surface area contributed by atoms with Crippen LogP contribution in [0.1, 0.15) is 36.0 Å². The Labute approximate surface area is 162 Å². The summed E-state index contributed by atoms with van der Waals surface area (Å²) in [5.74, 6) is 0.180. The molecule has 0 aliphatic carbocycles. The zero-order valence-corrected chi connectivity index (χ0v) is 16.5. The summed E-state index contributed by atoms with van der Waals surface area (Å²) >= 11 is 0. The molecule has 6 heteroatoms. The number of piperidine rings is 1. The van der Waals surface area contributed by atoms with Crippen molar-refractivity contribution in [3.05, 3.63) is 29.8 Å². The Morgan fingerprint density at radius 1 is 0.889 bits per heavy atom. The van der Waals surface area contributed by atoms with E-state index in [2.05, 4.69) is 27.1 Å². The molecule has 1 aromatic rings. The monoisotopic (exact) mass is 372 g/mol. The number of likely N-dealkylation sites (tertiary alicyclic amines) is 1. The number of hydrogen-bond acceptors (Lipinski definition) is 5. The Hall–Kier alpha value is -1.76. The van der Waals surface area contributed by atoms with Gasteiger partial charge in [0.05, 0.1) is 6.54 Å². The third-order valence-corrected chi connectivity index (χ3v) is 5.56. The highest BCUT2D eigenvalue weighted by atomic mass is 16.1. The number of likely N-dealkylation sites (N-methyl/N-ethyl adjacent to an activating group) is 1. The molecule has 1 N–H and O–H groups in total. The van der Waals surface area contributed by atoms with E-state index in [1.165, 1.54) is 19.3 Å². The molecule has 2 fully saturated rings. The zero-order chi connectivity index (χ0) is 19.1. The summed E-state index contributed by atoms with van der Waals surface area (Å²) in [7, 11) is 2.11. The number of nitrogens with zero attached hydrogens (tertiary/aromatic N) is 3. The lowest BCUT2D eigenvalue weighted by Gasteiger charge is -2.31. The van der Waals surface area contributed by atoms with Gasteiger partial charge in [0.15, 0.2) is 5.78 Å². The van der Waals surface area contributed by atoms with Gasteiger partial charge in [-0.3, -0.25) is 14.5 Å². The molecule has 6 nitrogen and oxygen atoms in total. The van der Waals surface area contributed by atoms with Crippen LogP contribution in [0.25, 0.3) is 0 Å².